The van der Waals surface area contributed by atoms with Crippen LogP contribution in [0.1, 0.15) is 0 Å². The van der Waals surface area contributed by atoms with Crippen molar-refractivity contribution in [1.29, 1.82) is 0 Å². The molecule has 0 aliphatic rings. The fraction of sp³-hybridized carbons (Fsp3) is 0. The van der Waals surface area contributed by atoms with Crippen molar-refractivity contribution >= 4 is 67.2 Å². The van der Waals surface area contributed by atoms with Crippen LogP contribution in [0.4, 0.5) is 0 Å². The molecule has 0 unspecified atom stereocenters. The van der Waals surface area contributed by atoms with Crippen molar-refractivity contribution in [2.75, 3.05) is 0 Å². The van der Waals surface area contributed by atoms with E-state index in [1.165, 1.54) is 0 Å². The van der Waals surface area contributed by atoms with E-state index in [1.54, 1.807) is 0 Å². The van der Waals surface area contributed by atoms with Gasteiger partial charge in [-0.3, -0.25) is 0 Å². The molecule has 0 N–H and O–H groups in total. The molecule has 28 heavy (non-hydrogen) atoms. The molecular weight excluding hydrogens is 935 g/mol. The van der Waals surface area contributed by atoms with Crippen molar-refractivity contribution in [2.24, 2.45) is 0 Å². The normalized spacial score (nSPS) is 2.00. The van der Waals surface area contributed by atoms with Gasteiger partial charge in [-0.15, -0.1) is 0 Å². The maximum absolute atomic E-state index is 7.50. The maximum Gasteiger partial charge on any atom is 0 e. The van der Waals surface area contributed by atoms with Gasteiger partial charge in [0.15, 0.2) is 0 Å². The van der Waals surface area contributed by atoms with Crippen LogP contribution in [-0.4, -0.2) is 27.1 Å². The van der Waals surface area contributed by atoms with Crippen LogP contribution in [-0.2, 0) is 88.7 Å². The third kappa shape index (κ3) is 17500. The predicted molar refractivity (Wildman–Crippen MR) is 74.2 cm³/mol. The van der Waals surface area contributed by atoms with E-state index in [2.05, 4.69) is 66.5 Å². The Bertz CT molecular complexity index is 227. The van der Waals surface area contributed by atoms with Gasteiger partial charge < -0.3 is 0 Å². The van der Waals surface area contributed by atoms with Gasteiger partial charge in [-0.05, 0) is 0 Å². The van der Waals surface area contributed by atoms with E-state index in [9.17, 15) is 0 Å². The number of hydrogen-bond donors (Lipinski definition) is 0. The average Bonchev–Trinajstić information content (AvgIpc) is 2.82. The fourth-order valence-electron chi connectivity index (χ4n) is 0. The summed E-state index contributed by atoms with van der Waals surface area (Å²) in [6, 6.07) is 0. The van der Waals surface area contributed by atoms with Gasteiger partial charge in [0.1, 0.15) is 0 Å². The van der Waals surface area contributed by atoms with Crippen LogP contribution in [0.5, 0.6) is 0 Å². The second-order valence-electron chi connectivity index (χ2n) is 0.143. The molecule has 0 spiro atoms. The number of hydrogen-bond acceptors (Lipinski definition) is 0. The van der Waals surface area contributed by atoms with Gasteiger partial charge in [-0.1, -0.05) is 0 Å². The summed E-state index contributed by atoms with van der Waals surface area (Å²) >= 11 is -1.11. The molecule has 0 aromatic rings. The first kappa shape index (κ1) is 101. The van der Waals surface area contributed by atoms with Gasteiger partial charge in [0.25, 0.3) is 0 Å². The Morgan fingerprint density at radius 1 is 0.286 bits per heavy atom. The Hall–Kier alpha value is 1.02. The topological polar surface area (TPSA) is 199 Å². The van der Waals surface area contributed by atoms with Gasteiger partial charge >= 0.3 is 180 Å². The quantitative estimate of drug-likeness (QED) is 0.194. The smallest absolute Gasteiger partial charge is 0 e. The third-order valence-corrected chi connectivity index (χ3v) is 0. The molecule has 0 amide bonds. The van der Waals surface area contributed by atoms with Crippen LogP contribution in [0, 0.1) is 66.5 Å². The van der Waals surface area contributed by atoms with E-state index < -0.39 is 27.1 Å². The van der Waals surface area contributed by atoms with E-state index >= 15 is 0 Å². The largest absolute Gasteiger partial charge is 0 e. The molecule has 0 saturated heterocycles. The molecule has 0 bridgehead atoms. The van der Waals surface area contributed by atoms with Crippen LogP contribution in [0.25, 0.3) is 0 Å². The molecule has 0 aromatic carbocycles. The summed E-state index contributed by atoms with van der Waals surface area (Å²) in [5.41, 5.74) is 0. The zero-order valence-corrected chi connectivity index (χ0v) is 25.5. The molecule has 4 radical (unpaired) electrons. The van der Waals surface area contributed by atoms with Crippen LogP contribution in [0.2, 0.25) is 0 Å². The van der Waals surface area contributed by atoms with Crippen LogP contribution in [0.3, 0.4) is 0 Å². The Morgan fingerprint density at radius 2 is 0.286 bits per heavy atom. The predicted octanol–water partition coefficient (Wildman–Crippen LogP) is 1.62. The minimum Gasteiger partial charge on any atom is 0 e. The molecule has 0 aromatic heterocycles. The minimum atomic E-state index is -0.556. The second kappa shape index (κ2) is 2240. The zero-order chi connectivity index (χ0) is 25.4. The Morgan fingerprint density at radius 3 is 0.286 bits per heavy atom. The van der Waals surface area contributed by atoms with Crippen molar-refractivity contribution in [1.82, 2.24) is 0 Å². The van der Waals surface area contributed by atoms with Gasteiger partial charge in [0.2, 0.25) is 0 Å². The standard InChI is InChI=1S/10CO.2Cl2Ge.2W/c10*1-2;2*1-3-2;;. The summed E-state index contributed by atoms with van der Waals surface area (Å²) in [6.07, 6.45) is 0. The number of halogens is 4. The molecule has 0 atom stereocenters. The maximum atomic E-state index is 7.50. The summed E-state index contributed by atoms with van der Waals surface area (Å²) < 4.78 is 75.0. The molecule has 0 rings (SSSR count). The Balaban J connectivity index is -0.00000000635. The molecule has 0 heterocycles. The van der Waals surface area contributed by atoms with Crippen molar-refractivity contribution in [2.45, 2.75) is 0 Å². The van der Waals surface area contributed by atoms with Gasteiger partial charge in [-0.25, -0.2) is 0 Å². The minimum absolute atomic E-state index is 0. The fourth-order valence-corrected chi connectivity index (χ4v) is 0. The third-order valence-electron chi connectivity index (χ3n) is 0. The van der Waals surface area contributed by atoms with Crippen molar-refractivity contribution in [3.63, 3.8) is 0 Å². The molecule has 0 fully saturated rings. The average molecular weight is 935 g/mol. The van der Waals surface area contributed by atoms with E-state index in [1.807, 2.05) is 0 Å². The van der Waals surface area contributed by atoms with Gasteiger partial charge in [0.05, 0.1) is 0 Å². The molecule has 0 aliphatic heterocycles. The number of rotatable bonds is 0. The summed E-state index contributed by atoms with van der Waals surface area (Å²) in [5, 5.41) is 0. The van der Waals surface area contributed by atoms with Gasteiger partial charge in [-0.2, -0.15) is 0 Å². The van der Waals surface area contributed by atoms with Crippen molar-refractivity contribution in [3.05, 3.63) is 66.5 Å². The molecule has 10 nitrogen and oxygen atoms in total. The van der Waals surface area contributed by atoms with Crippen LogP contribution < -0.4 is 0 Å². The molecule has 148 valence electrons. The Labute approximate surface area is 220 Å². The zero-order valence-electron chi connectivity index (χ0n) is 12.4. The van der Waals surface area contributed by atoms with E-state index in [-0.39, 0.29) is 42.1 Å². The van der Waals surface area contributed by atoms with Crippen molar-refractivity contribution < 1.29 is 88.7 Å². The molecule has 18 heteroatoms. The van der Waals surface area contributed by atoms with Crippen LogP contribution >= 0.6 is 40.0 Å². The SMILES string of the molecule is [C-]#[O+].[C-]#[O+].[C-]#[O+].[C-]#[O+].[C-]#[O+].[C-]#[O+].[C-]#[O+].[C-]#[O+].[C-]#[O+].[C-]#[O+].[Cl][Ge][Cl].[Cl][Ge][Cl].[W].[W]. The van der Waals surface area contributed by atoms with Crippen molar-refractivity contribution in [3.8, 4) is 0 Å². The second-order valence-corrected chi connectivity index (χ2v) is 6.68. The first-order valence-electron chi connectivity index (χ1n) is 2.80. The molecule has 0 aliphatic carbocycles. The summed E-state index contributed by atoms with van der Waals surface area (Å²) in [4.78, 5) is 0. The summed E-state index contributed by atoms with van der Waals surface area (Å²) in [5.74, 6) is 0. The first-order chi connectivity index (χ1) is 12.8. The van der Waals surface area contributed by atoms with E-state index in [0.29, 0.717) is 0 Å². The van der Waals surface area contributed by atoms with Gasteiger partial charge in [0, 0.05) is 42.1 Å². The Kier molecular flexibility index (Phi) is 8080. The summed E-state index contributed by atoms with van der Waals surface area (Å²) in [6.45, 7) is 45.0. The van der Waals surface area contributed by atoms with E-state index in [4.69, 9.17) is 86.6 Å². The molecule has 0 saturated carbocycles. The first-order valence-corrected chi connectivity index (χ1v) is 13.8. The monoisotopic (exact) mass is 936 g/mol. The molecular formula is C10Cl4Ge2O10W2. The van der Waals surface area contributed by atoms with E-state index in [0.717, 1.165) is 0 Å². The summed E-state index contributed by atoms with van der Waals surface area (Å²) in [7, 11) is 19.6. The van der Waals surface area contributed by atoms with Crippen LogP contribution in [0.15, 0.2) is 0 Å².